The quantitative estimate of drug-likeness (QED) is 0.167. The predicted octanol–water partition coefficient (Wildman–Crippen LogP) is 17.0. The van der Waals surface area contributed by atoms with E-state index in [4.69, 9.17) is 0 Å². The minimum atomic E-state index is -0.00330. The lowest BCUT2D eigenvalue weighted by atomic mass is 9.82. The molecular formula is C63H48N4. The molecule has 2 N–H and O–H groups in total. The first-order valence-corrected chi connectivity index (χ1v) is 23.1. The minimum absolute atomic E-state index is 0.00330. The standard InChI is InChI=1S/C33H26N2.C30H22N2/c1-33(2)29-14-8-6-12-25(29)26-18-16-23(21-30(26)33)34-22-17-19-32-28(20-22)27-13-7-9-15-31(27)35(32)24-10-4-3-5-11-24;1-3-9-22(10-4-1)23-15-17-24(18-16-23)31-25-19-20-30-28(21-25)27-13-7-8-14-29(27)32(30)26-11-5-2-6-12-26/h3-21,34H,1-2H3;1-21,31H. The molecule has 0 amide bonds. The van der Waals surface area contributed by atoms with Gasteiger partial charge in [-0.15, -0.1) is 0 Å². The number of nitrogens with zero attached hydrogens (tertiary/aromatic N) is 2. The molecular weight excluding hydrogens is 813 g/mol. The maximum atomic E-state index is 3.69. The van der Waals surface area contributed by atoms with Crippen LogP contribution in [-0.2, 0) is 5.41 Å². The second kappa shape index (κ2) is 16.4. The summed E-state index contributed by atoms with van der Waals surface area (Å²) in [5, 5.41) is 12.3. The fourth-order valence-electron chi connectivity index (χ4n) is 10.3. The number of hydrogen-bond donors (Lipinski definition) is 2. The summed E-state index contributed by atoms with van der Waals surface area (Å²) in [5.74, 6) is 0. The summed E-state index contributed by atoms with van der Waals surface area (Å²) >= 11 is 0. The zero-order chi connectivity index (χ0) is 44.9. The lowest BCUT2D eigenvalue weighted by Gasteiger charge is -2.22. The van der Waals surface area contributed by atoms with E-state index in [1.165, 1.54) is 88.4 Å². The lowest BCUT2D eigenvalue weighted by molar-refractivity contribution is 0.660. The average Bonchev–Trinajstić information content (AvgIpc) is 3.97. The molecule has 67 heavy (non-hydrogen) atoms. The van der Waals surface area contributed by atoms with Gasteiger partial charge < -0.3 is 19.8 Å². The molecule has 10 aromatic carbocycles. The van der Waals surface area contributed by atoms with E-state index in [2.05, 4.69) is 270 Å². The SMILES string of the molecule is CC1(C)c2ccccc2-c2ccc(Nc3ccc4c(c3)c3ccccc3n4-c3ccccc3)cc21.c1ccc(-c2ccc(Nc3ccc4c(c3)c3ccccc3n4-c3ccccc3)cc2)cc1. The second-order valence-corrected chi connectivity index (χ2v) is 18.0. The summed E-state index contributed by atoms with van der Waals surface area (Å²) in [6, 6.07) is 86.4. The van der Waals surface area contributed by atoms with E-state index in [1.807, 2.05) is 6.07 Å². The van der Waals surface area contributed by atoms with E-state index in [0.29, 0.717) is 0 Å². The topological polar surface area (TPSA) is 33.9 Å². The molecule has 12 aromatic rings. The molecule has 4 heteroatoms. The Morgan fingerprint density at radius 2 is 0.701 bits per heavy atom. The summed E-state index contributed by atoms with van der Waals surface area (Å²) in [4.78, 5) is 0. The Morgan fingerprint density at radius 3 is 1.28 bits per heavy atom. The summed E-state index contributed by atoms with van der Waals surface area (Å²) in [6.45, 7) is 4.65. The van der Waals surface area contributed by atoms with Gasteiger partial charge in [0, 0.05) is 61.1 Å². The van der Waals surface area contributed by atoms with Crippen molar-refractivity contribution >= 4 is 66.4 Å². The molecule has 2 aromatic heterocycles. The third-order valence-corrected chi connectivity index (χ3v) is 13.5. The third kappa shape index (κ3) is 7.11. The van der Waals surface area contributed by atoms with Gasteiger partial charge in [-0.25, -0.2) is 0 Å². The summed E-state index contributed by atoms with van der Waals surface area (Å²) < 4.78 is 4.69. The fraction of sp³-hybridized carbons (Fsp3) is 0.0476. The van der Waals surface area contributed by atoms with Gasteiger partial charge in [0.15, 0.2) is 0 Å². The first-order valence-electron chi connectivity index (χ1n) is 23.1. The van der Waals surface area contributed by atoms with Crippen molar-refractivity contribution in [3.8, 4) is 33.6 Å². The summed E-state index contributed by atoms with van der Waals surface area (Å²) in [5.41, 5.74) is 19.5. The van der Waals surface area contributed by atoms with Crippen LogP contribution < -0.4 is 10.6 Å². The molecule has 0 bridgehead atoms. The van der Waals surface area contributed by atoms with Crippen LogP contribution in [0.1, 0.15) is 25.0 Å². The molecule has 0 radical (unpaired) electrons. The molecule has 0 saturated carbocycles. The minimum Gasteiger partial charge on any atom is -0.356 e. The smallest absolute Gasteiger partial charge is 0.0542 e. The number of hydrogen-bond acceptors (Lipinski definition) is 2. The lowest BCUT2D eigenvalue weighted by Crippen LogP contribution is -2.15. The van der Waals surface area contributed by atoms with Gasteiger partial charge in [-0.3, -0.25) is 0 Å². The van der Waals surface area contributed by atoms with Gasteiger partial charge in [0.25, 0.3) is 0 Å². The average molecular weight is 861 g/mol. The van der Waals surface area contributed by atoms with E-state index in [1.54, 1.807) is 0 Å². The molecule has 1 aliphatic rings. The van der Waals surface area contributed by atoms with Crippen LogP contribution in [0.5, 0.6) is 0 Å². The zero-order valence-corrected chi connectivity index (χ0v) is 37.5. The first kappa shape index (κ1) is 40.0. The van der Waals surface area contributed by atoms with Crippen LogP contribution in [-0.4, -0.2) is 9.13 Å². The molecule has 0 fully saturated rings. The van der Waals surface area contributed by atoms with Crippen LogP contribution >= 0.6 is 0 Å². The number of anilines is 4. The van der Waals surface area contributed by atoms with E-state index >= 15 is 0 Å². The highest BCUT2D eigenvalue weighted by atomic mass is 15.0. The number of para-hydroxylation sites is 4. The van der Waals surface area contributed by atoms with Crippen molar-refractivity contribution in [3.05, 3.63) is 254 Å². The largest absolute Gasteiger partial charge is 0.356 e. The number of aromatic nitrogens is 2. The van der Waals surface area contributed by atoms with Gasteiger partial charge in [-0.1, -0.05) is 159 Å². The molecule has 13 rings (SSSR count). The highest BCUT2D eigenvalue weighted by Gasteiger charge is 2.35. The Balaban J connectivity index is 0.000000140. The van der Waals surface area contributed by atoms with Crippen molar-refractivity contribution in [2.75, 3.05) is 10.6 Å². The van der Waals surface area contributed by atoms with Crippen molar-refractivity contribution in [2.45, 2.75) is 19.3 Å². The van der Waals surface area contributed by atoms with Crippen molar-refractivity contribution in [1.29, 1.82) is 0 Å². The highest BCUT2D eigenvalue weighted by Crippen LogP contribution is 2.49. The zero-order valence-electron chi connectivity index (χ0n) is 37.5. The van der Waals surface area contributed by atoms with Gasteiger partial charge in [0.05, 0.1) is 22.1 Å². The molecule has 320 valence electrons. The normalized spacial score (nSPS) is 12.4. The van der Waals surface area contributed by atoms with Crippen molar-refractivity contribution in [2.24, 2.45) is 0 Å². The predicted molar refractivity (Wildman–Crippen MR) is 284 cm³/mol. The Morgan fingerprint density at radius 1 is 0.299 bits per heavy atom. The number of fused-ring (bicyclic) bond motifs is 9. The second-order valence-electron chi connectivity index (χ2n) is 18.0. The van der Waals surface area contributed by atoms with Crippen LogP contribution in [0.3, 0.4) is 0 Å². The Labute approximate surface area is 391 Å². The van der Waals surface area contributed by atoms with Crippen LogP contribution in [0.15, 0.2) is 243 Å². The molecule has 1 aliphatic carbocycles. The third-order valence-electron chi connectivity index (χ3n) is 13.5. The Hall–Kier alpha value is -8.60. The van der Waals surface area contributed by atoms with Gasteiger partial charge in [0.2, 0.25) is 0 Å². The van der Waals surface area contributed by atoms with E-state index in [9.17, 15) is 0 Å². The van der Waals surface area contributed by atoms with Crippen molar-refractivity contribution in [3.63, 3.8) is 0 Å². The highest BCUT2D eigenvalue weighted by molar-refractivity contribution is 6.11. The Kier molecular flexibility index (Phi) is 9.80. The van der Waals surface area contributed by atoms with Crippen LogP contribution in [0.4, 0.5) is 22.7 Å². The van der Waals surface area contributed by atoms with Crippen molar-refractivity contribution in [1.82, 2.24) is 9.13 Å². The van der Waals surface area contributed by atoms with Gasteiger partial charge in [-0.05, 0) is 130 Å². The Bertz CT molecular complexity index is 3750. The number of nitrogens with one attached hydrogen (secondary N) is 2. The van der Waals surface area contributed by atoms with E-state index < -0.39 is 0 Å². The molecule has 0 aliphatic heterocycles. The van der Waals surface area contributed by atoms with Gasteiger partial charge in [-0.2, -0.15) is 0 Å². The summed E-state index contributed by atoms with van der Waals surface area (Å²) in [7, 11) is 0. The van der Waals surface area contributed by atoms with Crippen LogP contribution in [0.2, 0.25) is 0 Å². The maximum absolute atomic E-state index is 3.69. The van der Waals surface area contributed by atoms with Gasteiger partial charge in [0.1, 0.15) is 0 Å². The van der Waals surface area contributed by atoms with E-state index in [-0.39, 0.29) is 5.41 Å². The molecule has 0 atom stereocenters. The van der Waals surface area contributed by atoms with Crippen LogP contribution in [0, 0.1) is 0 Å². The molecule has 2 heterocycles. The molecule has 4 nitrogen and oxygen atoms in total. The molecule has 0 spiro atoms. The van der Waals surface area contributed by atoms with E-state index in [0.717, 1.165) is 22.7 Å². The molecule has 0 saturated heterocycles. The van der Waals surface area contributed by atoms with Crippen molar-refractivity contribution < 1.29 is 0 Å². The number of rotatable bonds is 7. The van der Waals surface area contributed by atoms with Gasteiger partial charge >= 0.3 is 0 Å². The van der Waals surface area contributed by atoms with Crippen LogP contribution in [0.25, 0.3) is 77.2 Å². The number of benzene rings is 10. The molecule has 0 unspecified atom stereocenters. The summed E-state index contributed by atoms with van der Waals surface area (Å²) in [6.07, 6.45) is 0. The monoisotopic (exact) mass is 860 g/mol. The maximum Gasteiger partial charge on any atom is 0.0542 e. The first-order chi connectivity index (χ1) is 33.0. The fourth-order valence-corrected chi connectivity index (χ4v) is 10.3.